The molecule has 0 unspecified atom stereocenters. The Morgan fingerprint density at radius 2 is 0.746 bits per heavy atom. The van der Waals surface area contributed by atoms with Crippen LogP contribution in [-0.4, -0.2) is 0 Å². The summed E-state index contributed by atoms with van der Waals surface area (Å²) in [7, 11) is 0. The molecule has 59 heavy (non-hydrogen) atoms. The summed E-state index contributed by atoms with van der Waals surface area (Å²) in [6.07, 6.45) is 0. The van der Waals surface area contributed by atoms with Crippen molar-refractivity contribution < 1.29 is 0 Å². The number of benzene rings is 11. The van der Waals surface area contributed by atoms with Gasteiger partial charge in [0.2, 0.25) is 0 Å². The molecule has 1 aliphatic carbocycles. The first-order valence-electron chi connectivity index (χ1n) is 20.4. The maximum atomic E-state index is 2.39. The molecule has 11 aromatic carbocycles. The van der Waals surface area contributed by atoms with Crippen LogP contribution in [0.2, 0.25) is 0 Å². The molecular formula is C58H37N. The SMILES string of the molecule is c1cc(-c2cc3c4c(cccc4c2)-c2ccccc2-3)cc(N(c2ccc(-c3ccc4ccc5ccccc5c4c3)cc2)c2ccc(-c3cccc4ccccc34)cc2)c1. The normalized spacial score (nSPS) is 11.7. The molecule has 0 radical (unpaired) electrons. The molecule has 0 aliphatic heterocycles. The van der Waals surface area contributed by atoms with Crippen molar-refractivity contribution in [3.8, 4) is 55.6 Å². The van der Waals surface area contributed by atoms with E-state index in [9.17, 15) is 0 Å². The zero-order valence-electron chi connectivity index (χ0n) is 32.3. The van der Waals surface area contributed by atoms with E-state index in [2.05, 4.69) is 229 Å². The standard InChI is InChI=1S/C58H37N/c1-3-16-50-39(10-1)12-8-20-51(50)41-28-32-48(33-29-41)59(47-30-26-38(27-31-47)44-25-24-42-23-22-40-11-2-4-17-52(40)56(42)36-44)49-15-7-13-43(35-49)46-34-45-14-9-21-55-53-18-5-6-19-54(53)57(37-46)58(45)55/h1-37H. The Labute approximate surface area is 343 Å². The highest BCUT2D eigenvalue weighted by molar-refractivity contribution is 6.16. The van der Waals surface area contributed by atoms with Crippen LogP contribution in [0.4, 0.5) is 17.1 Å². The number of anilines is 3. The van der Waals surface area contributed by atoms with Gasteiger partial charge in [0.15, 0.2) is 0 Å². The fourth-order valence-electron chi connectivity index (χ4n) is 9.51. The summed E-state index contributed by atoms with van der Waals surface area (Å²) in [6.45, 7) is 0. The van der Waals surface area contributed by atoms with Crippen molar-refractivity contribution in [3.05, 3.63) is 224 Å². The second kappa shape index (κ2) is 13.4. The molecule has 0 aromatic heterocycles. The Morgan fingerprint density at radius 3 is 1.53 bits per heavy atom. The van der Waals surface area contributed by atoms with E-state index in [0.29, 0.717) is 0 Å². The summed E-state index contributed by atoms with van der Waals surface area (Å²) in [4.78, 5) is 2.39. The van der Waals surface area contributed by atoms with Crippen molar-refractivity contribution >= 4 is 60.2 Å². The van der Waals surface area contributed by atoms with Crippen LogP contribution in [-0.2, 0) is 0 Å². The Hall–Kier alpha value is -7.74. The van der Waals surface area contributed by atoms with Crippen molar-refractivity contribution in [2.45, 2.75) is 0 Å². The summed E-state index contributed by atoms with van der Waals surface area (Å²) < 4.78 is 0. The zero-order valence-corrected chi connectivity index (χ0v) is 32.3. The fourth-order valence-corrected chi connectivity index (χ4v) is 9.51. The van der Waals surface area contributed by atoms with Gasteiger partial charge in [-0.25, -0.2) is 0 Å². The molecule has 274 valence electrons. The first kappa shape index (κ1) is 33.4. The number of hydrogen-bond acceptors (Lipinski definition) is 1. The van der Waals surface area contributed by atoms with Crippen LogP contribution in [0.5, 0.6) is 0 Å². The van der Waals surface area contributed by atoms with Crippen LogP contribution in [0, 0.1) is 0 Å². The van der Waals surface area contributed by atoms with Crippen molar-refractivity contribution in [1.82, 2.24) is 0 Å². The lowest BCUT2D eigenvalue weighted by Gasteiger charge is -2.26. The van der Waals surface area contributed by atoms with Crippen LogP contribution in [0.15, 0.2) is 224 Å². The van der Waals surface area contributed by atoms with E-state index < -0.39 is 0 Å². The van der Waals surface area contributed by atoms with Gasteiger partial charge in [0.1, 0.15) is 0 Å². The van der Waals surface area contributed by atoms with Gasteiger partial charge in [-0.1, -0.05) is 170 Å². The molecule has 1 heteroatoms. The monoisotopic (exact) mass is 747 g/mol. The molecule has 0 amide bonds. The van der Waals surface area contributed by atoms with E-state index in [1.807, 2.05) is 0 Å². The van der Waals surface area contributed by atoms with Gasteiger partial charge in [-0.05, 0) is 153 Å². The first-order chi connectivity index (χ1) is 29.2. The highest BCUT2D eigenvalue weighted by Crippen LogP contribution is 2.49. The highest BCUT2D eigenvalue weighted by Gasteiger charge is 2.22. The fraction of sp³-hybridized carbons (Fsp3) is 0. The van der Waals surface area contributed by atoms with E-state index in [-0.39, 0.29) is 0 Å². The Bertz CT molecular complexity index is 3420. The average Bonchev–Trinajstić information content (AvgIpc) is 3.63. The number of hydrogen-bond donors (Lipinski definition) is 0. The first-order valence-corrected chi connectivity index (χ1v) is 20.4. The van der Waals surface area contributed by atoms with Gasteiger partial charge in [-0.2, -0.15) is 0 Å². The molecule has 0 saturated heterocycles. The van der Waals surface area contributed by atoms with Gasteiger partial charge in [0, 0.05) is 17.1 Å². The van der Waals surface area contributed by atoms with Crippen LogP contribution >= 0.6 is 0 Å². The summed E-state index contributed by atoms with van der Waals surface area (Å²) in [5.74, 6) is 0. The highest BCUT2D eigenvalue weighted by atomic mass is 15.1. The van der Waals surface area contributed by atoms with Crippen molar-refractivity contribution in [1.29, 1.82) is 0 Å². The maximum Gasteiger partial charge on any atom is 0.0467 e. The van der Waals surface area contributed by atoms with Crippen molar-refractivity contribution in [2.75, 3.05) is 4.90 Å². The molecule has 1 nitrogen and oxygen atoms in total. The lowest BCUT2D eigenvalue weighted by molar-refractivity contribution is 1.28. The largest absolute Gasteiger partial charge is 0.310 e. The molecule has 0 fully saturated rings. The molecular weight excluding hydrogens is 711 g/mol. The van der Waals surface area contributed by atoms with Gasteiger partial charge in [0.05, 0.1) is 0 Å². The topological polar surface area (TPSA) is 3.24 Å². The predicted molar refractivity (Wildman–Crippen MR) is 252 cm³/mol. The van der Waals surface area contributed by atoms with Gasteiger partial charge in [0.25, 0.3) is 0 Å². The third-order valence-electron chi connectivity index (χ3n) is 12.4. The minimum absolute atomic E-state index is 1.10. The van der Waals surface area contributed by atoms with Crippen molar-refractivity contribution in [2.24, 2.45) is 0 Å². The lowest BCUT2D eigenvalue weighted by Crippen LogP contribution is -2.10. The van der Waals surface area contributed by atoms with E-state index in [4.69, 9.17) is 0 Å². The molecule has 0 bridgehead atoms. The molecule has 0 N–H and O–H groups in total. The van der Waals surface area contributed by atoms with E-state index in [1.54, 1.807) is 0 Å². The molecule has 0 heterocycles. The average molecular weight is 748 g/mol. The van der Waals surface area contributed by atoms with Crippen LogP contribution < -0.4 is 4.90 Å². The van der Waals surface area contributed by atoms with Crippen LogP contribution in [0.3, 0.4) is 0 Å². The smallest absolute Gasteiger partial charge is 0.0467 e. The van der Waals surface area contributed by atoms with Gasteiger partial charge in [-0.15, -0.1) is 0 Å². The third kappa shape index (κ3) is 5.55. The number of fused-ring (bicyclic) bond motifs is 7. The maximum absolute atomic E-state index is 2.39. The zero-order chi connectivity index (χ0) is 38.9. The molecule has 11 aromatic rings. The second-order valence-electron chi connectivity index (χ2n) is 15.7. The second-order valence-corrected chi connectivity index (χ2v) is 15.7. The van der Waals surface area contributed by atoms with E-state index in [1.165, 1.54) is 98.7 Å². The lowest BCUT2D eigenvalue weighted by atomic mass is 9.95. The summed E-state index contributed by atoms with van der Waals surface area (Å²) in [5.41, 5.74) is 15.8. The van der Waals surface area contributed by atoms with Gasteiger partial charge < -0.3 is 4.90 Å². The number of rotatable bonds is 6. The summed E-state index contributed by atoms with van der Waals surface area (Å²) in [5, 5.41) is 10.2. The van der Waals surface area contributed by atoms with Gasteiger partial charge in [-0.3, -0.25) is 0 Å². The van der Waals surface area contributed by atoms with Gasteiger partial charge >= 0.3 is 0 Å². The quantitative estimate of drug-likeness (QED) is 0.153. The molecule has 12 rings (SSSR count). The van der Waals surface area contributed by atoms with E-state index in [0.717, 1.165) is 17.1 Å². The van der Waals surface area contributed by atoms with E-state index >= 15 is 0 Å². The molecule has 1 aliphatic rings. The molecule has 0 atom stereocenters. The van der Waals surface area contributed by atoms with Crippen molar-refractivity contribution in [3.63, 3.8) is 0 Å². The number of nitrogens with zero attached hydrogens (tertiary/aromatic N) is 1. The van der Waals surface area contributed by atoms with Crippen LogP contribution in [0.1, 0.15) is 0 Å². The Kier molecular flexibility index (Phi) is 7.61. The molecule has 0 spiro atoms. The Balaban J connectivity index is 0.973. The predicted octanol–water partition coefficient (Wildman–Crippen LogP) is 16.4. The van der Waals surface area contributed by atoms with Crippen LogP contribution in [0.25, 0.3) is 98.7 Å². The summed E-state index contributed by atoms with van der Waals surface area (Å²) >= 11 is 0. The minimum Gasteiger partial charge on any atom is -0.310 e. The third-order valence-corrected chi connectivity index (χ3v) is 12.4. The molecule has 0 saturated carbocycles. The Morgan fingerprint density at radius 1 is 0.220 bits per heavy atom. The summed E-state index contributed by atoms with van der Waals surface area (Å²) in [6, 6.07) is 82.6. The minimum atomic E-state index is 1.10.